The number of halogens is 3. The molecule has 0 aliphatic carbocycles. The summed E-state index contributed by atoms with van der Waals surface area (Å²) in [6.07, 6.45) is 0. The van der Waals surface area contributed by atoms with Crippen LogP contribution >= 0.6 is 27.3 Å². The number of benzene rings is 1. The molecule has 1 N–H and O–H groups in total. The van der Waals surface area contributed by atoms with Crippen LogP contribution < -0.4 is 5.32 Å². The summed E-state index contributed by atoms with van der Waals surface area (Å²) in [5, 5.41) is 5.19. The third-order valence-corrected chi connectivity index (χ3v) is 4.47. The van der Waals surface area contributed by atoms with Gasteiger partial charge in [0.05, 0.1) is 6.04 Å². The van der Waals surface area contributed by atoms with Gasteiger partial charge in [-0.15, -0.1) is 11.3 Å². The van der Waals surface area contributed by atoms with Crippen molar-refractivity contribution in [3.63, 3.8) is 0 Å². The molecule has 0 bridgehead atoms. The summed E-state index contributed by atoms with van der Waals surface area (Å²) in [4.78, 5) is 1.02. The van der Waals surface area contributed by atoms with Crippen molar-refractivity contribution in [1.82, 2.24) is 5.32 Å². The van der Waals surface area contributed by atoms with Crippen LogP contribution in [0, 0.1) is 11.6 Å². The van der Waals surface area contributed by atoms with E-state index in [4.69, 9.17) is 0 Å². The highest BCUT2D eigenvalue weighted by Crippen LogP contribution is 2.33. The largest absolute Gasteiger partial charge is 0.306 e. The molecule has 1 heterocycles. The Balaban J connectivity index is 2.44. The van der Waals surface area contributed by atoms with Gasteiger partial charge in [0.1, 0.15) is 11.6 Å². The molecular weight excluding hydrogens is 320 g/mol. The molecule has 5 heteroatoms. The third-order valence-electron chi connectivity index (χ3n) is 2.53. The number of rotatable bonds is 4. The molecule has 0 aliphatic heterocycles. The Morgan fingerprint density at radius 3 is 2.44 bits per heavy atom. The molecular formula is C13H12BrF2NS. The molecule has 1 aromatic carbocycles. The van der Waals surface area contributed by atoms with Gasteiger partial charge in [0.15, 0.2) is 0 Å². The van der Waals surface area contributed by atoms with Crippen LogP contribution in [-0.4, -0.2) is 6.54 Å². The zero-order valence-corrected chi connectivity index (χ0v) is 12.1. The van der Waals surface area contributed by atoms with Crippen molar-refractivity contribution < 1.29 is 8.78 Å². The van der Waals surface area contributed by atoms with Crippen LogP contribution in [0.5, 0.6) is 0 Å². The summed E-state index contributed by atoms with van der Waals surface area (Å²) in [5.74, 6) is -1.11. The normalized spacial score (nSPS) is 12.7. The Morgan fingerprint density at radius 1 is 1.28 bits per heavy atom. The number of hydrogen-bond acceptors (Lipinski definition) is 2. The first-order chi connectivity index (χ1) is 8.61. The first-order valence-corrected chi connectivity index (χ1v) is 7.21. The fourth-order valence-corrected chi connectivity index (χ4v) is 3.52. The van der Waals surface area contributed by atoms with Gasteiger partial charge in [-0.3, -0.25) is 0 Å². The highest BCUT2D eigenvalue weighted by Gasteiger charge is 2.18. The average Bonchev–Trinajstić information content (AvgIpc) is 2.71. The molecule has 0 saturated carbocycles. The maximum atomic E-state index is 13.3. The second-order valence-electron chi connectivity index (χ2n) is 3.83. The van der Waals surface area contributed by atoms with Gasteiger partial charge < -0.3 is 5.32 Å². The first-order valence-electron chi connectivity index (χ1n) is 5.54. The Morgan fingerprint density at radius 2 is 1.94 bits per heavy atom. The fourth-order valence-electron chi connectivity index (χ4n) is 1.82. The second-order valence-corrected chi connectivity index (χ2v) is 5.63. The lowest BCUT2D eigenvalue weighted by Crippen LogP contribution is -2.21. The number of thiophene rings is 1. The molecule has 0 amide bonds. The molecule has 0 radical (unpaired) electrons. The molecule has 1 unspecified atom stereocenters. The summed E-state index contributed by atoms with van der Waals surface area (Å²) >= 11 is 5.00. The molecule has 1 atom stereocenters. The van der Waals surface area contributed by atoms with E-state index in [1.807, 2.05) is 18.4 Å². The molecule has 0 fully saturated rings. The van der Waals surface area contributed by atoms with Crippen molar-refractivity contribution in [2.24, 2.45) is 0 Å². The van der Waals surface area contributed by atoms with Crippen LogP contribution in [-0.2, 0) is 0 Å². The van der Waals surface area contributed by atoms with Gasteiger partial charge in [0.25, 0.3) is 0 Å². The van der Waals surface area contributed by atoms with Crippen molar-refractivity contribution in [3.8, 4) is 0 Å². The predicted molar refractivity (Wildman–Crippen MR) is 73.9 cm³/mol. The predicted octanol–water partition coefficient (Wildman–Crippen LogP) is 4.49. The van der Waals surface area contributed by atoms with Gasteiger partial charge in [-0.1, -0.05) is 6.92 Å². The Hall–Kier alpha value is -0.780. The minimum Gasteiger partial charge on any atom is -0.306 e. The zero-order valence-electron chi connectivity index (χ0n) is 9.71. The summed E-state index contributed by atoms with van der Waals surface area (Å²) in [6, 6.07) is 5.34. The van der Waals surface area contributed by atoms with E-state index in [0.29, 0.717) is 12.1 Å². The Labute approximate surface area is 117 Å². The standard InChI is InChI=1S/C13H12BrF2NS/c1-2-17-12(13-11(14)3-4-18-13)8-5-9(15)7-10(16)6-8/h3-7,12,17H,2H2,1H3. The first kappa shape index (κ1) is 13.6. The van der Waals surface area contributed by atoms with E-state index in [-0.39, 0.29) is 6.04 Å². The number of hydrogen-bond donors (Lipinski definition) is 1. The second kappa shape index (κ2) is 5.91. The molecule has 18 heavy (non-hydrogen) atoms. The van der Waals surface area contributed by atoms with Crippen LogP contribution in [0.4, 0.5) is 8.78 Å². The van der Waals surface area contributed by atoms with E-state index in [2.05, 4.69) is 21.2 Å². The average molecular weight is 332 g/mol. The highest BCUT2D eigenvalue weighted by molar-refractivity contribution is 9.10. The van der Waals surface area contributed by atoms with Gasteiger partial charge in [-0.2, -0.15) is 0 Å². The lowest BCUT2D eigenvalue weighted by molar-refractivity contribution is 0.567. The molecule has 96 valence electrons. The molecule has 0 spiro atoms. The minimum atomic E-state index is -0.555. The Bertz CT molecular complexity index is 521. The summed E-state index contributed by atoms with van der Waals surface area (Å²) in [6.45, 7) is 2.68. The monoisotopic (exact) mass is 331 g/mol. The molecule has 1 nitrogen and oxygen atoms in total. The maximum absolute atomic E-state index is 13.3. The van der Waals surface area contributed by atoms with Crippen molar-refractivity contribution in [2.75, 3.05) is 6.54 Å². The Kier molecular flexibility index (Phi) is 4.48. The van der Waals surface area contributed by atoms with Crippen molar-refractivity contribution in [3.05, 3.63) is 56.2 Å². The van der Waals surface area contributed by atoms with E-state index < -0.39 is 11.6 Å². The van der Waals surface area contributed by atoms with E-state index in [1.54, 1.807) is 11.3 Å². The molecule has 1 aromatic heterocycles. The van der Waals surface area contributed by atoms with Gasteiger partial charge >= 0.3 is 0 Å². The van der Waals surface area contributed by atoms with Crippen LogP contribution in [0.3, 0.4) is 0 Å². The lowest BCUT2D eigenvalue weighted by Gasteiger charge is -2.18. The topological polar surface area (TPSA) is 12.0 Å². The van der Waals surface area contributed by atoms with Crippen molar-refractivity contribution in [1.29, 1.82) is 0 Å². The SMILES string of the molecule is CCNC(c1cc(F)cc(F)c1)c1sccc1Br. The van der Waals surface area contributed by atoms with Crippen LogP contribution in [0.25, 0.3) is 0 Å². The zero-order chi connectivity index (χ0) is 13.1. The quantitative estimate of drug-likeness (QED) is 0.870. The van der Waals surface area contributed by atoms with E-state index in [1.165, 1.54) is 12.1 Å². The minimum absolute atomic E-state index is 0.199. The summed E-state index contributed by atoms with van der Waals surface area (Å²) < 4.78 is 27.5. The maximum Gasteiger partial charge on any atom is 0.126 e. The highest BCUT2D eigenvalue weighted by atomic mass is 79.9. The lowest BCUT2D eigenvalue weighted by atomic mass is 10.0. The van der Waals surface area contributed by atoms with Crippen LogP contribution in [0.1, 0.15) is 23.4 Å². The fraction of sp³-hybridized carbons (Fsp3) is 0.231. The summed E-state index contributed by atoms with van der Waals surface area (Å²) in [7, 11) is 0. The van der Waals surface area contributed by atoms with E-state index in [9.17, 15) is 8.78 Å². The molecule has 2 aromatic rings. The molecule has 0 aliphatic rings. The van der Waals surface area contributed by atoms with E-state index >= 15 is 0 Å². The smallest absolute Gasteiger partial charge is 0.126 e. The molecule has 2 rings (SSSR count). The van der Waals surface area contributed by atoms with Crippen molar-refractivity contribution >= 4 is 27.3 Å². The molecule has 0 saturated heterocycles. The van der Waals surface area contributed by atoms with Gasteiger partial charge in [-0.05, 0) is 51.6 Å². The summed E-state index contributed by atoms with van der Waals surface area (Å²) in [5.41, 5.74) is 0.595. The van der Waals surface area contributed by atoms with Crippen LogP contribution in [0.15, 0.2) is 34.1 Å². The van der Waals surface area contributed by atoms with Gasteiger partial charge in [0, 0.05) is 15.4 Å². The van der Waals surface area contributed by atoms with Crippen LogP contribution in [0.2, 0.25) is 0 Å². The van der Waals surface area contributed by atoms with Gasteiger partial charge in [0.2, 0.25) is 0 Å². The van der Waals surface area contributed by atoms with Gasteiger partial charge in [-0.25, -0.2) is 8.78 Å². The number of nitrogens with one attached hydrogen (secondary N) is 1. The van der Waals surface area contributed by atoms with Crippen molar-refractivity contribution in [2.45, 2.75) is 13.0 Å². The third kappa shape index (κ3) is 2.96. The van der Waals surface area contributed by atoms with E-state index in [0.717, 1.165) is 15.4 Å².